The Morgan fingerprint density at radius 1 is 1.32 bits per heavy atom. The summed E-state index contributed by atoms with van der Waals surface area (Å²) in [7, 11) is 0. The van der Waals surface area contributed by atoms with Gasteiger partial charge in [-0.15, -0.1) is 0 Å². The number of rotatable bonds is 7. The van der Waals surface area contributed by atoms with Crippen LogP contribution in [0.2, 0.25) is 0 Å². The van der Waals surface area contributed by atoms with E-state index in [1.165, 1.54) is 6.07 Å². The summed E-state index contributed by atoms with van der Waals surface area (Å²) in [6.07, 6.45) is 0. The van der Waals surface area contributed by atoms with Crippen molar-refractivity contribution in [2.75, 3.05) is 6.54 Å². The molecule has 0 bridgehead atoms. The van der Waals surface area contributed by atoms with Crippen LogP contribution < -0.4 is 10.6 Å². The normalized spacial score (nSPS) is 12.4. The van der Waals surface area contributed by atoms with Gasteiger partial charge in [0.1, 0.15) is 5.76 Å². The molecule has 106 valence electrons. The fourth-order valence-corrected chi connectivity index (χ4v) is 1.39. The van der Waals surface area contributed by atoms with Crippen molar-refractivity contribution in [3.05, 3.63) is 23.7 Å². The van der Waals surface area contributed by atoms with E-state index in [2.05, 4.69) is 10.6 Å². The second-order valence-corrected chi connectivity index (χ2v) is 4.81. The van der Waals surface area contributed by atoms with Crippen LogP contribution >= 0.6 is 0 Å². The van der Waals surface area contributed by atoms with E-state index in [0.717, 1.165) is 0 Å². The average molecular weight is 268 g/mol. The van der Waals surface area contributed by atoms with Gasteiger partial charge in [0.15, 0.2) is 0 Å². The molecule has 1 unspecified atom stereocenters. The third kappa shape index (κ3) is 5.13. The van der Waals surface area contributed by atoms with E-state index < -0.39 is 5.97 Å². The summed E-state index contributed by atoms with van der Waals surface area (Å²) in [5.41, 5.74) is 0. The Labute approximate surface area is 112 Å². The van der Waals surface area contributed by atoms with E-state index in [-0.39, 0.29) is 17.7 Å². The van der Waals surface area contributed by atoms with E-state index in [9.17, 15) is 9.59 Å². The number of amides is 1. The van der Waals surface area contributed by atoms with Crippen molar-refractivity contribution in [3.8, 4) is 0 Å². The molecule has 1 aromatic rings. The van der Waals surface area contributed by atoms with Crippen molar-refractivity contribution in [2.45, 2.75) is 33.4 Å². The van der Waals surface area contributed by atoms with Gasteiger partial charge < -0.3 is 14.8 Å². The molecule has 1 amide bonds. The van der Waals surface area contributed by atoms with Crippen LogP contribution in [0.25, 0.3) is 0 Å². The molecule has 3 N–H and O–H groups in total. The Bertz CT molecular complexity index is 440. The van der Waals surface area contributed by atoms with Gasteiger partial charge in [-0.3, -0.25) is 10.1 Å². The maximum absolute atomic E-state index is 11.7. The maximum Gasteiger partial charge on any atom is 0.371 e. The Morgan fingerprint density at radius 3 is 2.53 bits per heavy atom. The first-order valence-corrected chi connectivity index (χ1v) is 6.23. The number of furan rings is 1. The summed E-state index contributed by atoms with van der Waals surface area (Å²) >= 11 is 0. The molecule has 0 aliphatic heterocycles. The SMILES string of the molecule is CC(C)CNC(=O)C(C)NCc1ccc(C(=O)O)o1. The van der Waals surface area contributed by atoms with Crippen molar-refractivity contribution < 1.29 is 19.1 Å². The molecule has 6 heteroatoms. The van der Waals surface area contributed by atoms with E-state index in [1.807, 2.05) is 13.8 Å². The van der Waals surface area contributed by atoms with Crippen LogP contribution in [0.1, 0.15) is 37.1 Å². The summed E-state index contributed by atoms with van der Waals surface area (Å²) in [4.78, 5) is 22.3. The Balaban J connectivity index is 2.38. The van der Waals surface area contributed by atoms with Gasteiger partial charge in [0, 0.05) is 6.54 Å². The van der Waals surface area contributed by atoms with Gasteiger partial charge >= 0.3 is 5.97 Å². The highest BCUT2D eigenvalue weighted by Gasteiger charge is 2.14. The van der Waals surface area contributed by atoms with Crippen LogP contribution in [-0.2, 0) is 11.3 Å². The second kappa shape index (κ2) is 6.94. The predicted molar refractivity (Wildman–Crippen MR) is 69.8 cm³/mol. The van der Waals surface area contributed by atoms with Crippen molar-refractivity contribution in [1.82, 2.24) is 10.6 Å². The number of carbonyl (C=O) groups excluding carboxylic acids is 1. The molecule has 6 nitrogen and oxygen atoms in total. The van der Waals surface area contributed by atoms with Crippen molar-refractivity contribution in [3.63, 3.8) is 0 Å². The average Bonchev–Trinajstić information content (AvgIpc) is 2.81. The van der Waals surface area contributed by atoms with Gasteiger partial charge in [-0.2, -0.15) is 0 Å². The predicted octanol–water partition coefficient (Wildman–Crippen LogP) is 1.23. The van der Waals surface area contributed by atoms with Crippen molar-refractivity contribution >= 4 is 11.9 Å². The van der Waals surface area contributed by atoms with E-state index >= 15 is 0 Å². The highest BCUT2D eigenvalue weighted by atomic mass is 16.4. The number of carboxylic acid groups (broad SMARTS) is 1. The molecule has 1 rings (SSSR count). The number of carboxylic acids is 1. The zero-order valence-corrected chi connectivity index (χ0v) is 11.4. The first-order valence-electron chi connectivity index (χ1n) is 6.23. The number of hydrogen-bond acceptors (Lipinski definition) is 4. The lowest BCUT2D eigenvalue weighted by Gasteiger charge is -2.14. The quantitative estimate of drug-likeness (QED) is 0.691. The first kappa shape index (κ1) is 15.2. The minimum absolute atomic E-state index is 0.0845. The molecule has 0 spiro atoms. The van der Waals surface area contributed by atoms with Crippen LogP contribution in [0, 0.1) is 5.92 Å². The standard InChI is InChI=1S/C13H20N2O4/c1-8(2)6-15-12(16)9(3)14-7-10-4-5-11(19-10)13(17)18/h4-5,8-9,14H,6-7H2,1-3H3,(H,15,16)(H,17,18). The van der Waals surface area contributed by atoms with Gasteiger partial charge in [-0.1, -0.05) is 13.8 Å². The van der Waals surface area contributed by atoms with Gasteiger partial charge in [0.2, 0.25) is 11.7 Å². The highest BCUT2D eigenvalue weighted by molar-refractivity contribution is 5.84. The van der Waals surface area contributed by atoms with Gasteiger partial charge in [0.25, 0.3) is 0 Å². The van der Waals surface area contributed by atoms with Crippen molar-refractivity contribution in [2.24, 2.45) is 5.92 Å². The zero-order valence-electron chi connectivity index (χ0n) is 11.4. The van der Waals surface area contributed by atoms with Crippen LogP contribution in [0.4, 0.5) is 0 Å². The largest absolute Gasteiger partial charge is 0.475 e. The molecule has 0 aromatic carbocycles. The lowest BCUT2D eigenvalue weighted by molar-refractivity contribution is -0.122. The Hall–Kier alpha value is -1.82. The molecule has 0 saturated heterocycles. The minimum Gasteiger partial charge on any atom is -0.475 e. The highest BCUT2D eigenvalue weighted by Crippen LogP contribution is 2.07. The lowest BCUT2D eigenvalue weighted by atomic mass is 10.2. The second-order valence-electron chi connectivity index (χ2n) is 4.81. The van der Waals surface area contributed by atoms with Crippen LogP contribution in [0.15, 0.2) is 16.5 Å². The van der Waals surface area contributed by atoms with E-state index in [4.69, 9.17) is 9.52 Å². The van der Waals surface area contributed by atoms with Gasteiger partial charge in [-0.25, -0.2) is 4.79 Å². The van der Waals surface area contributed by atoms with Gasteiger partial charge in [-0.05, 0) is 25.0 Å². The molecule has 0 aliphatic carbocycles. The maximum atomic E-state index is 11.7. The fourth-order valence-electron chi connectivity index (χ4n) is 1.39. The van der Waals surface area contributed by atoms with E-state index in [1.54, 1.807) is 13.0 Å². The third-order valence-electron chi connectivity index (χ3n) is 2.53. The summed E-state index contributed by atoms with van der Waals surface area (Å²) < 4.78 is 5.08. The molecule has 0 radical (unpaired) electrons. The molecule has 0 aliphatic rings. The van der Waals surface area contributed by atoms with E-state index in [0.29, 0.717) is 24.8 Å². The first-order chi connectivity index (χ1) is 8.90. The molecule has 0 saturated carbocycles. The summed E-state index contributed by atoms with van der Waals surface area (Å²) in [6.45, 7) is 6.73. The lowest BCUT2D eigenvalue weighted by Crippen LogP contribution is -2.42. The Kier molecular flexibility index (Phi) is 5.57. The van der Waals surface area contributed by atoms with Crippen LogP contribution in [0.5, 0.6) is 0 Å². The number of aromatic carboxylic acids is 1. The number of carbonyl (C=O) groups is 2. The molecule has 1 aromatic heterocycles. The minimum atomic E-state index is -1.10. The summed E-state index contributed by atoms with van der Waals surface area (Å²) in [5, 5.41) is 14.5. The monoisotopic (exact) mass is 268 g/mol. The molecule has 1 heterocycles. The third-order valence-corrected chi connectivity index (χ3v) is 2.53. The number of hydrogen-bond donors (Lipinski definition) is 3. The number of nitrogens with one attached hydrogen (secondary N) is 2. The molecule has 1 atom stereocenters. The van der Waals surface area contributed by atoms with Crippen LogP contribution in [0.3, 0.4) is 0 Å². The molecule has 0 fully saturated rings. The summed E-state index contributed by atoms with van der Waals surface area (Å²) in [5.74, 6) is -0.401. The smallest absolute Gasteiger partial charge is 0.371 e. The van der Waals surface area contributed by atoms with Crippen molar-refractivity contribution in [1.29, 1.82) is 0 Å². The molecule has 19 heavy (non-hydrogen) atoms. The Morgan fingerprint density at radius 2 is 2.00 bits per heavy atom. The fraction of sp³-hybridized carbons (Fsp3) is 0.538. The summed E-state index contributed by atoms with van der Waals surface area (Å²) in [6, 6.07) is 2.61. The zero-order chi connectivity index (χ0) is 14.4. The van der Waals surface area contributed by atoms with Crippen LogP contribution in [-0.4, -0.2) is 29.6 Å². The topological polar surface area (TPSA) is 91.6 Å². The molecular formula is C13H20N2O4. The molecular weight excluding hydrogens is 248 g/mol. The van der Waals surface area contributed by atoms with Gasteiger partial charge in [0.05, 0.1) is 12.6 Å².